The average molecular weight is 352 g/mol. The van der Waals surface area contributed by atoms with E-state index in [1.165, 1.54) is 6.08 Å². The van der Waals surface area contributed by atoms with Crippen molar-refractivity contribution in [1.82, 2.24) is 0 Å². The van der Waals surface area contributed by atoms with Gasteiger partial charge in [-0.25, -0.2) is 4.79 Å². The summed E-state index contributed by atoms with van der Waals surface area (Å²) in [5, 5.41) is 9.79. The highest BCUT2D eigenvalue weighted by molar-refractivity contribution is 5.92. The number of ether oxygens (including phenoxy) is 2. The molecule has 1 N–H and O–H groups in total. The first-order valence-corrected chi connectivity index (χ1v) is 8.59. The van der Waals surface area contributed by atoms with Crippen LogP contribution in [0.5, 0.6) is 11.5 Å². The lowest BCUT2D eigenvalue weighted by Crippen LogP contribution is -2.05. The number of carboxylic acids is 1. The number of benzene rings is 1. The van der Waals surface area contributed by atoms with Gasteiger partial charge in [0, 0.05) is 17.0 Å². The van der Waals surface area contributed by atoms with Crippen molar-refractivity contribution in [3.63, 3.8) is 0 Å². The number of allylic oxidation sites excluding steroid dienone is 2. The van der Waals surface area contributed by atoms with Gasteiger partial charge in [-0.2, -0.15) is 0 Å². The summed E-state index contributed by atoms with van der Waals surface area (Å²) in [7, 11) is 1.55. The van der Waals surface area contributed by atoms with Crippen molar-refractivity contribution in [2.45, 2.75) is 6.92 Å². The molecule has 2 aliphatic rings. The number of carbonyl (C=O) groups is 1. The monoisotopic (exact) mass is 352 g/mol. The third-order valence-corrected chi connectivity index (χ3v) is 5.13. The molecule has 2 aromatic rings. The zero-order chi connectivity index (χ0) is 18.3. The van der Waals surface area contributed by atoms with Gasteiger partial charge in [0.2, 0.25) is 5.75 Å². The van der Waals surface area contributed by atoms with Crippen molar-refractivity contribution in [3.05, 3.63) is 53.8 Å². The summed E-state index contributed by atoms with van der Waals surface area (Å²) in [5.74, 6) is 1.91. The second kappa shape index (κ2) is 6.41. The van der Waals surface area contributed by atoms with E-state index in [-0.39, 0.29) is 0 Å². The maximum absolute atomic E-state index is 10.9. The molecule has 1 heterocycles. The van der Waals surface area contributed by atoms with Crippen molar-refractivity contribution in [2.24, 2.45) is 17.8 Å². The predicted molar refractivity (Wildman–Crippen MR) is 98.3 cm³/mol. The van der Waals surface area contributed by atoms with E-state index < -0.39 is 5.97 Å². The molecule has 0 saturated heterocycles. The van der Waals surface area contributed by atoms with Crippen LogP contribution in [0.1, 0.15) is 12.5 Å². The molecule has 2 unspecified atom stereocenters. The van der Waals surface area contributed by atoms with Crippen LogP contribution in [0.2, 0.25) is 0 Å². The molecule has 5 nitrogen and oxygen atoms in total. The molecular formula is C21H20O5. The molecule has 4 rings (SSSR count). The minimum atomic E-state index is -1.02. The van der Waals surface area contributed by atoms with Crippen molar-refractivity contribution >= 4 is 23.0 Å². The summed E-state index contributed by atoms with van der Waals surface area (Å²) < 4.78 is 17.1. The molecule has 0 amide bonds. The van der Waals surface area contributed by atoms with Crippen LogP contribution >= 0.6 is 0 Å². The quantitative estimate of drug-likeness (QED) is 0.785. The molecule has 1 fully saturated rings. The molecule has 3 atom stereocenters. The van der Waals surface area contributed by atoms with Crippen LogP contribution in [0, 0.1) is 17.8 Å². The third-order valence-electron chi connectivity index (χ3n) is 5.13. The van der Waals surface area contributed by atoms with Gasteiger partial charge in [0.05, 0.1) is 13.4 Å². The molecular weight excluding hydrogens is 332 g/mol. The van der Waals surface area contributed by atoms with Crippen molar-refractivity contribution in [3.8, 4) is 11.5 Å². The fourth-order valence-electron chi connectivity index (χ4n) is 3.59. The Kier molecular flexibility index (Phi) is 4.07. The standard InChI is InChI=1S/C21H20O5/c1-12-16-5-3-13(9-17(12)16)11-26-20-14(4-6-18(22)23)10-15-7-8-25-19(15)21(20)24-2/h3-10,12,16-17H,11H2,1-2H3,(H,22,23)/b6-4+/t12?,16-,17?/m0/s1. The first kappa shape index (κ1) is 16.5. The van der Waals surface area contributed by atoms with E-state index in [0.717, 1.165) is 17.0 Å². The highest BCUT2D eigenvalue weighted by Gasteiger charge is 2.44. The molecule has 26 heavy (non-hydrogen) atoms. The molecule has 134 valence electrons. The summed E-state index contributed by atoms with van der Waals surface area (Å²) in [6, 6.07) is 3.64. The van der Waals surface area contributed by atoms with Crippen LogP contribution in [0.3, 0.4) is 0 Å². The van der Waals surface area contributed by atoms with Gasteiger partial charge in [0.1, 0.15) is 6.61 Å². The van der Waals surface area contributed by atoms with E-state index in [9.17, 15) is 4.79 Å². The molecule has 1 saturated carbocycles. The van der Waals surface area contributed by atoms with E-state index in [2.05, 4.69) is 25.2 Å². The fraction of sp³-hybridized carbons (Fsp3) is 0.286. The zero-order valence-electron chi connectivity index (χ0n) is 14.6. The Hall–Kier alpha value is -2.95. The highest BCUT2D eigenvalue weighted by atomic mass is 16.5. The second-order valence-corrected chi connectivity index (χ2v) is 6.74. The van der Waals surface area contributed by atoms with Crippen LogP contribution in [0.15, 0.2) is 52.7 Å². The normalized spacial score (nSPS) is 23.8. The summed E-state index contributed by atoms with van der Waals surface area (Å²) in [5.41, 5.74) is 2.33. The Bertz CT molecular complexity index is 947. The van der Waals surface area contributed by atoms with Crippen LogP contribution < -0.4 is 9.47 Å². The van der Waals surface area contributed by atoms with E-state index in [0.29, 0.717) is 47.0 Å². The molecule has 1 aromatic heterocycles. The Labute approximate surface area is 151 Å². The van der Waals surface area contributed by atoms with E-state index >= 15 is 0 Å². The van der Waals surface area contributed by atoms with E-state index in [1.807, 2.05) is 6.07 Å². The Morgan fingerprint density at radius 3 is 2.92 bits per heavy atom. The zero-order valence-corrected chi connectivity index (χ0v) is 14.6. The smallest absolute Gasteiger partial charge is 0.328 e. The van der Waals surface area contributed by atoms with Crippen molar-refractivity contribution in [1.29, 1.82) is 0 Å². The highest BCUT2D eigenvalue weighted by Crippen LogP contribution is 2.50. The summed E-state index contributed by atoms with van der Waals surface area (Å²) in [6.07, 6.45) is 10.8. The number of rotatable bonds is 6. The maximum atomic E-state index is 10.9. The maximum Gasteiger partial charge on any atom is 0.328 e. The number of aliphatic carboxylic acids is 1. The summed E-state index contributed by atoms with van der Waals surface area (Å²) in [4.78, 5) is 10.9. The van der Waals surface area contributed by atoms with Gasteiger partial charge in [0.25, 0.3) is 0 Å². The van der Waals surface area contributed by atoms with Gasteiger partial charge in [-0.3, -0.25) is 0 Å². The number of hydrogen-bond donors (Lipinski definition) is 1. The summed E-state index contributed by atoms with van der Waals surface area (Å²) in [6.45, 7) is 2.64. The number of furan rings is 1. The van der Waals surface area contributed by atoms with Crippen LogP contribution in [0.25, 0.3) is 17.0 Å². The van der Waals surface area contributed by atoms with Crippen LogP contribution in [0.4, 0.5) is 0 Å². The number of carboxylic acid groups (broad SMARTS) is 1. The van der Waals surface area contributed by atoms with Gasteiger partial charge >= 0.3 is 5.97 Å². The SMILES string of the molecule is COc1c(OCC2=CC3C(C)[C@@H]3C=C2)c(/C=C/C(=O)O)cc2ccoc12. The second-order valence-electron chi connectivity index (χ2n) is 6.74. The average Bonchev–Trinajstić information content (AvgIpc) is 3.04. The van der Waals surface area contributed by atoms with Gasteiger partial charge in [-0.05, 0) is 41.5 Å². The number of hydrogen-bond acceptors (Lipinski definition) is 4. The van der Waals surface area contributed by atoms with Crippen molar-refractivity contribution < 1.29 is 23.8 Å². The first-order chi connectivity index (χ1) is 12.6. The summed E-state index contributed by atoms with van der Waals surface area (Å²) >= 11 is 0. The Morgan fingerprint density at radius 1 is 1.35 bits per heavy atom. The van der Waals surface area contributed by atoms with Gasteiger partial charge < -0.3 is 19.0 Å². The lowest BCUT2D eigenvalue weighted by atomic mass is 10.1. The first-order valence-electron chi connectivity index (χ1n) is 8.59. The molecule has 1 aromatic carbocycles. The Morgan fingerprint density at radius 2 is 2.19 bits per heavy atom. The molecule has 0 aliphatic heterocycles. The minimum Gasteiger partial charge on any atom is -0.490 e. The van der Waals surface area contributed by atoms with Gasteiger partial charge in [0.15, 0.2) is 11.3 Å². The van der Waals surface area contributed by atoms with Crippen LogP contribution in [-0.4, -0.2) is 24.8 Å². The predicted octanol–water partition coefficient (Wildman–Crippen LogP) is 4.30. The molecule has 0 bridgehead atoms. The number of fused-ring (bicyclic) bond motifs is 2. The lowest BCUT2D eigenvalue weighted by molar-refractivity contribution is -0.131. The minimum absolute atomic E-state index is 0.392. The Balaban J connectivity index is 1.67. The van der Waals surface area contributed by atoms with Gasteiger partial charge in [-0.15, -0.1) is 0 Å². The molecule has 5 heteroatoms. The number of methoxy groups -OCH3 is 1. The molecule has 0 spiro atoms. The van der Waals surface area contributed by atoms with Crippen LogP contribution in [-0.2, 0) is 4.79 Å². The molecule has 2 aliphatic carbocycles. The largest absolute Gasteiger partial charge is 0.490 e. The lowest BCUT2D eigenvalue weighted by Gasteiger charge is -2.15. The van der Waals surface area contributed by atoms with E-state index in [4.69, 9.17) is 19.0 Å². The molecule has 0 radical (unpaired) electrons. The van der Waals surface area contributed by atoms with Crippen molar-refractivity contribution in [2.75, 3.05) is 13.7 Å². The fourth-order valence-corrected chi connectivity index (χ4v) is 3.59. The third kappa shape index (κ3) is 2.90. The topological polar surface area (TPSA) is 68.9 Å². The van der Waals surface area contributed by atoms with E-state index in [1.54, 1.807) is 19.4 Å². The van der Waals surface area contributed by atoms with Gasteiger partial charge in [-0.1, -0.05) is 25.2 Å².